The molecule has 2 nitrogen and oxygen atoms in total. The van der Waals surface area contributed by atoms with Gasteiger partial charge in [-0.1, -0.05) is 6.92 Å². The molecule has 1 aromatic rings. The first-order chi connectivity index (χ1) is 10.0. The summed E-state index contributed by atoms with van der Waals surface area (Å²) < 4.78 is 43.6. The van der Waals surface area contributed by atoms with Gasteiger partial charge in [0, 0.05) is 18.2 Å². The molecule has 118 valence electrons. The molecule has 1 N–H and O–H groups in total. The number of thioether (sulfide) groups is 1. The van der Waals surface area contributed by atoms with Gasteiger partial charge in [0.2, 0.25) is 0 Å². The van der Waals surface area contributed by atoms with Crippen molar-refractivity contribution in [2.45, 2.75) is 25.6 Å². The van der Waals surface area contributed by atoms with Gasteiger partial charge in [-0.05, 0) is 43.0 Å². The summed E-state index contributed by atoms with van der Waals surface area (Å²) in [4.78, 5) is 0. The van der Waals surface area contributed by atoms with E-state index in [1.165, 1.54) is 12.1 Å². The third-order valence-electron chi connectivity index (χ3n) is 3.58. The smallest absolute Gasteiger partial charge is 0.416 e. The summed E-state index contributed by atoms with van der Waals surface area (Å²) in [6, 6.07) is 4.97. The van der Waals surface area contributed by atoms with Crippen LogP contribution in [0.1, 0.15) is 18.9 Å². The Hall–Kier alpha value is -0.880. The molecule has 0 amide bonds. The maximum absolute atomic E-state index is 12.5. The Kier molecular flexibility index (Phi) is 5.81. The molecule has 1 aliphatic rings. The van der Waals surface area contributed by atoms with Crippen molar-refractivity contribution in [3.8, 4) is 5.75 Å². The molecule has 1 saturated heterocycles. The summed E-state index contributed by atoms with van der Waals surface area (Å²) in [5, 5.41) is 3.31. The predicted molar refractivity (Wildman–Crippen MR) is 79.8 cm³/mol. The van der Waals surface area contributed by atoms with E-state index in [0.717, 1.165) is 43.1 Å². The number of alkyl halides is 3. The van der Waals surface area contributed by atoms with Crippen LogP contribution in [0.2, 0.25) is 0 Å². The maximum atomic E-state index is 12.5. The second-order valence-electron chi connectivity index (χ2n) is 5.09. The standard InChI is InChI=1S/C15H20F3NOS/c1-2-21-10-14(11-7-8-19-9-11)20-13-5-3-12(4-6-13)15(16,17)18/h3-6,11,14,19H,2,7-10H2,1H3/t11-,14-/m0/s1. The van der Waals surface area contributed by atoms with Crippen molar-refractivity contribution in [1.29, 1.82) is 0 Å². The number of halogens is 3. The van der Waals surface area contributed by atoms with Gasteiger partial charge in [-0.2, -0.15) is 24.9 Å². The van der Waals surface area contributed by atoms with Gasteiger partial charge >= 0.3 is 6.18 Å². The van der Waals surface area contributed by atoms with E-state index in [9.17, 15) is 13.2 Å². The Balaban J connectivity index is 2.01. The maximum Gasteiger partial charge on any atom is 0.416 e. The molecule has 21 heavy (non-hydrogen) atoms. The molecule has 0 aromatic heterocycles. The highest BCUT2D eigenvalue weighted by molar-refractivity contribution is 7.99. The van der Waals surface area contributed by atoms with Gasteiger partial charge in [-0.15, -0.1) is 0 Å². The highest BCUT2D eigenvalue weighted by Crippen LogP contribution is 2.31. The van der Waals surface area contributed by atoms with E-state index in [1.807, 2.05) is 0 Å². The SMILES string of the molecule is CCSC[C@H](Oc1ccc(C(F)(F)F)cc1)[C@H]1CCNC1. The molecule has 0 aliphatic carbocycles. The van der Waals surface area contributed by atoms with E-state index in [1.54, 1.807) is 11.8 Å². The topological polar surface area (TPSA) is 21.3 Å². The molecular formula is C15H20F3NOS. The number of nitrogens with one attached hydrogen (secondary N) is 1. The number of hydrogen-bond donors (Lipinski definition) is 1. The van der Waals surface area contributed by atoms with Crippen LogP contribution >= 0.6 is 11.8 Å². The van der Waals surface area contributed by atoms with Gasteiger partial charge in [-0.25, -0.2) is 0 Å². The lowest BCUT2D eigenvalue weighted by atomic mass is 10.0. The second kappa shape index (κ2) is 7.40. The molecule has 2 atom stereocenters. The van der Waals surface area contributed by atoms with Crippen LogP contribution in [0.15, 0.2) is 24.3 Å². The van der Waals surface area contributed by atoms with Gasteiger partial charge in [0.05, 0.1) is 5.56 Å². The zero-order valence-electron chi connectivity index (χ0n) is 12.0. The Bertz CT molecular complexity index is 430. The van der Waals surface area contributed by atoms with Crippen molar-refractivity contribution < 1.29 is 17.9 Å². The van der Waals surface area contributed by atoms with Gasteiger partial charge in [0.1, 0.15) is 11.9 Å². The summed E-state index contributed by atoms with van der Waals surface area (Å²) >= 11 is 1.80. The summed E-state index contributed by atoms with van der Waals surface area (Å²) in [6.45, 7) is 3.98. The molecule has 1 heterocycles. The normalized spacial score (nSPS) is 20.5. The van der Waals surface area contributed by atoms with E-state index >= 15 is 0 Å². The van der Waals surface area contributed by atoms with Crippen molar-refractivity contribution in [3.05, 3.63) is 29.8 Å². The third kappa shape index (κ3) is 4.81. The molecule has 1 aromatic carbocycles. The average Bonchev–Trinajstić information content (AvgIpc) is 2.97. The zero-order valence-corrected chi connectivity index (χ0v) is 12.8. The lowest BCUT2D eigenvalue weighted by Crippen LogP contribution is -2.31. The minimum absolute atomic E-state index is 0.0432. The quantitative estimate of drug-likeness (QED) is 0.861. The van der Waals surface area contributed by atoms with Gasteiger partial charge in [0.25, 0.3) is 0 Å². The first-order valence-corrected chi connectivity index (χ1v) is 8.28. The Labute approximate surface area is 127 Å². The van der Waals surface area contributed by atoms with Crippen LogP contribution in [0, 0.1) is 5.92 Å². The van der Waals surface area contributed by atoms with Gasteiger partial charge in [-0.3, -0.25) is 0 Å². The summed E-state index contributed by atoms with van der Waals surface area (Å²) in [5.41, 5.74) is -0.642. The molecule has 0 saturated carbocycles. The number of benzene rings is 1. The fraction of sp³-hybridized carbons (Fsp3) is 0.600. The highest BCUT2D eigenvalue weighted by Gasteiger charge is 2.30. The largest absolute Gasteiger partial charge is 0.489 e. The van der Waals surface area contributed by atoms with E-state index in [-0.39, 0.29) is 6.10 Å². The Morgan fingerprint density at radius 2 is 2.05 bits per heavy atom. The van der Waals surface area contributed by atoms with Crippen molar-refractivity contribution >= 4 is 11.8 Å². The van der Waals surface area contributed by atoms with Gasteiger partial charge < -0.3 is 10.1 Å². The van der Waals surface area contributed by atoms with Crippen molar-refractivity contribution in [2.24, 2.45) is 5.92 Å². The van der Waals surface area contributed by atoms with E-state index in [0.29, 0.717) is 11.7 Å². The Morgan fingerprint density at radius 1 is 1.33 bits per heavy atom. The summed E-state index contributed by atoms with van der Waals surface area (Å²) in [7, 11) is 0. The monoisotopic (exact) mass is 319 g/mol. The van der Waals surface area contributed by atoms with Crippen LogP contribution in [-0.4, -0.2) is 30.7 Å². The van der Waals surface area contributed by atoms with Crippen molar-refractivity contribution in [3.63, 3.8) is 0 Å². The van der Waals surface area contributed by atoms with E-state index in [4.69, 9.17) is 4.74 Å². The first kappa shape index (κ1) is 16.5. The molecule has 6 heteroatoms. The van der Waals surface area contributed by atoms with E-state index < -0.39 is 11.7 Å². The first-order valence-electron chi connectivity index (χ1n) is 7.13. The lowest BCUT2D eigenvalue weighted by molar-refractivity contribution is -0.137. The van der Waals surface area contributed by atoms with Crippen LogP contribution < -0.4 is 10.1 Å². The molecule has 0 spiro atoms. The highest BCUT2D eigenvalue weighted by atomic mass is 32.2. The fourth-order valence-electron chi connectivity index (χ4n) is 2.39. The van der Waals surface area contributed by atoms with Crippen LogP contribution in [0.4, 0.5) is 13.2 Å². The second-order valence-corrected chi connectivity index (χ2v) is 6.41. The number of ether oxygens (including phenoxy) is 1. The number of hydrogen-bond acceptors (Lipinski definition) is 3. The zero-order chi connectivity index (χ0) is 15.3. The predicted octanol–water partition coefficient (Wildman–Crippen LogP) is 3.82. The molecule has 0 radical (unpaired) electrons. The lowest BCUT2D eigenvalue weighted by Gasteiger charge is -2.24. The molecule has 1 aliphatic heterocycles. The minimum atomic E-state index is -4.30. The molecular weight excluding hydrogens is 299 g/mol. The summed E-state index contributed by atoms with van der Waals surface area (Å²) in [6.07, 6.45) is -3.21. The van der Waals surface area contributed by atoms with Crippen LogP contribution in [0.3, 0.4) is 0 Å². The van der Waals surface area contributed by atoms with E-state index in [2.05, 4.69) is 12.2 Å². The Morgan fingerprint density at radius 3 is 2.57 bits per heavy atom. The average molecular weight is 319 g/mol. The third-order valence-corrected chi connectivity index (χ3v) is 4.55. The van der Waals surface area contributed by atoms with Crippen molar-refractivity contribution in [1.82, 2.24) is 5.32 Å². The van der Waals surface area contributed by atoms with Crippen LogP contribution in [-0.2, 0) is 6.18 Å². The van der Waals surface area contributed by atoms with Crippen molar-refractivity contribution in [2.75, 3.05) is 24.6 Å². The molecule has 2 rings (SSSR count). The van der Waals surface area contributed by atoms with Crippen LogP contribution in [0.5, 0.6) is 5.75 Å². The molecule has 1 fully saturated rings. The number of rotatable bonds is 6. The minimum Gasteiger partial charge on any atom is -0.489 e. The molecule has 0 bridgehead atoms. The molecule has 0 unspecified atom stereocenters. The fourth-order valence-corrected chi connectivity index (χ4v) is 3.20. The van der Waals surface area contributed by atoms with Gasteiger partial charge in [0.15, 0.2) is 0 Å². The van der Waals surface area contributed by atoms with Crippen LogP contribution in [0.25, 0.3) is 0 Å². The summed E-state index contributed by atoms with van der Waals surface area (Å²) in [5.74, 6) is 2.81.